The van der Waals surface area contributed by atoms with Gasteiger partial charge in [0.05, 0.1) is 12.2 Å². The normalized spacial score (nSPS) is 18.0. The van der Waals surface area contributed by atoms with Crippen molar-refractivity contribution in [2.45, 2.75) is 19.1 Å². The Morgan fingerprint density at radius 1 is 1.25 bits per heavy atom. The number of carbonyl (C=O) groups is 2. The van der Waals surface area contributed by atoms with Crippen molar-refractivity contribution >= 4 is 23.3 Å². The van der Waals surface area contributed by atoms with Gasteiger partial charge in [0.1, 0.15) is 11.6 Å². The molecule has 0 radical (unpaired) electrons. The molecule has 1 aliphatic rings. The van der Waals surface area contributed by atoms with Gasteiger partial charge in [0, 0.05) is 12.3 Å². The van der Waals surface area contributed by atoms with E-state index in [1.54, 1.807) is 53.3 Å². The zero-order valence-corrected chi connectivity index (χ0v) is 15.0. The van der Waals surface area contributed by atoms with E-state index in [2.05, 4.69) is 15.7 Å². The highest BCUT2D eigenvalue weighted by Crippen LogP contribution is 2.33. The van der Waals surface area contributed by atoms with Crippen LogP contribution < -0.4 is 15.4 Å². The molecular formula is C20H17FN4O3. The fraction of sp³-hybridized carbons (Fsp3) is 0.150. The lowest BCUT2D eigenvalue weighted by Crippen LogP contribution is -2.56. The lowest BCUT2D eigenvalue weighted by Gasteiger charge is -2.32. The second-order valence-electron chi connectivity index (χ2n) is 6.57. The molecule has 0 spiro atoms. The molecule has 0 bridgehead atoms. The van der Waals surface area contributed by atoms with Crippen molar-refractivity contribution in [2.24, 2.45) is 0 Å². The molecule has 7 nitrogen and oxygen atoms in total. The van der Waals surface area contributed by atoms with Gasteiger partial charge in [-0.3, -0.25) is 14.3 Å². The molecule has 0 saturated heterocycles. The summed E-state index contributed by atoms with van der Waals surface area (Å²) < 4.78 is 20.5. The van der Waals surface area contributed by atoms with Gasteiger partial charge in [-0.1, -0.05) is 24.3 Å². The largest absolute Gasteiger partial charge is 0.466 e. The highest BCUT2D eigenvalue weighted by Gasteiger charge is 2.47. The first-order chi connectivity index (χ1) is 13.4. The number of hydrogen-bond donors (Lipinski definition) is 2. The van der Waals surface area contributed by atoms with Gasteiger partial charge in [0.2, 0.25) is 0 Å². The third-order valence-corrected chi connectivity index (χ3v) is 4.43. The number of benzene rings is 2. The molecule has 2 aromatic carbocycles. The number of ether oxygens (including phenoxy) is 1. The number of halogens is 1. The molecule has 2 amide bonds. The van der Waals surface area contributed by atoms with Crippen molar-refractivity contribution < 1.29 is 18.7 Å². The lowest BCUT2D eigenvalue weighted by atomic mass is 10.0. The van der Waals surface area contributed by atoms with E-state index in [0.29, 0.717) is 18.0 Å². The van der Waals surface area contributed by atoms with Crippen LogP contribution >= 0.6 is 0 Å². The van der Waals surface area contributed by atoms with E-state index < -0.39 is 17.4 Å². The molecule has 1 atom stereocenters. The summed E-state index contributed by atoms with van der Waals surface area (Å²) in [6.07, 6.45) is 1.65. The Morgan fingerprint density at radius 2 is 2.07 bits per heavy atom. The average molecular weight is 380 g/mol. The maximum absolute atomic E-state index is 13.3. The molecule has 2 N–H and O–H groups in total. The van der Waals surface area contributed by atoms with Crippen molar-refractivity contribution in [1.82, 2.24) is 9.78 Å². The van der Waals surface area contributed by atoms with Crippen LogP contribution in [0.1, 0.15) is 12.5 Å². The van der Waals surface area contributed by atoms with Gasteiger partial charge in [-0.25, -0.2) is 4.39 Å². The fourth-order valence-corrected chi connectivity index (χ4v) is 2.89. The molecule has 0 saturated carbocycles. The quantitative estimate of drug-likeness (QED) is 0.682. The third kappa shape index (κ3) is 3.32. The number of hydrogen-bond acceptors (Lipinski definition) is 4. The molecule has 142 valence electrons. The maximum Gasteiger partial charge on any atom is 0.279 e. The first-order valence-corrected chi connectivity index (χ1v) is 8.63. The second-order valence-corrected chi connectivity index (χ2v) is 6.57. The Balaban J connectivity index is 1.48. The van der Waals surface area contributed by atoms with E-state index in [-0.39, 0.29) is 11.6 Å². The number of rotatable bonds is 4. The number of anilines is 2. The van der Waals surface area contributed by atoms with Crippen LogP contribution in [0.15, 0.2) is 60.8 Å². The summed E-state index contributed by atoms with van der Waals surface area (Å²) in [5, 5.41) is 9.52. The Morgan fingerprint density at radius 3 is 2.89 bits per heavy atom. The van der Waals surface area contributed by atoms with Gasteiger partial charge < -0.3 is 15.4 Å². The minimum atomic E-state index is -1.74. The predicted octanol–water partition coefficient (Wildman–Crippen LogP) is 2.80. The van der Waals surface area contributed by atoms with Crippen molar-refractivity contribution in [3.63, 3.8) is 0 Å². The summed E-state index contributed by atoms with van der Waals surface area (Å²) >= 11 is 0. The van der Waals surface area contributed by atoms with Crippen LogP contribution in [0, 0.1) is 5.82 Å². The zero-order chi connectivity index (χ0) is 19.7. The number of carbonyl (C=O) groups excluding carboxylic acids is 2. The van der Waals surface area contributed by atoms with E-state index in [1.807, 2.05) is 0 Å². The van der Waals surface area contributed by atoms with E-state index in [9.17, 15) is 14.0 Å². The smallest absolute Gasteiger partial charge is 0.279 e. The molecule has 1 unspecified atom stereocenters. The molecule has 8 heteroatoms. The molecule has 1 aliphatic heterocycles. The maximum atomic E-state index is 13.3. The van der Waals surface area contributed by atoms with Gasteiger partial charge in [0.15, 0.2) is 5.82 Å². The topological polar surface area (TPSA) is 85.2 Å². The summed E-state index contributed by atoms with van der Waals surface area (Å²) in [6, 6.07) is 14.7. The monoisotopic (exact) mass is 380 g/mol. The van der Waals surface area contributed by atoms with Crippen LogP contribution in [0.5, 0.6) is 5.75 Å². The van der Waals surface area contributed by atoms with E-state index in [1.165, 1.54) is 19.1 Å². The number of para-hydroxylation sites is 2. The summed E-state index contributed by atoms with van der Waals surface area (Å²) in [4.78, 5) is 25.2. The first kappa shape index (κ1) is 17.7. The molecule has 2 heterocycles. The molecule has 28 heavy (non-hydrogen) atoms. The number of amides is 2. The Bertz CT molecular complexity index is 1060. The van der Waals surface area contributed by atoms with Crippen molar-refractivity contribution in [3.05, 3.63) is 72.2 Å². The Hall–Kier alpha value is -3.68. The van der Waals surface area contributed by atoms with Crippen LogP contribution in [0.2, 0.25) is 0 Å². The highest BCUT2D eigenvalue weighted by molar-refractivity contribution is 6.18. The summed E-state index contributed by atoms with van der Waals surface area (Å²) in [6.45, 7) is 1.74. The van der Waals surface area contributed by atoms with E-state index >= 15 is 0 Å². The van der Waals surface area contributed by atoms with Crippen molar-refractivity contribution in [1.29, 1.82) is 0 Å². The van der Waals surface area contributed by atoms with Crippen LogP contribution in [-0.4, -0.2) is 27.2 Å². The minimum Gasteiger partial charge on any atom is -0.466 e. The second kappa shape index (κ2) is 6.80. The van der Waals surface area contributed by atoms with Crippen LogP contribution in [0.4, 0.5) is 15.9 Å². The van der Waals surface area contributed by atoms with E-state index in [4.69, 9.17) is 4.74 Å². The Labute approximate surface area is 160 Å². The standard InChI is InChI=1S/C20H17FN4O3/c1-20(18(26)22-15-7-2-3-8-16(15)28-20)19(27)23-17-9-10-25(24-17)12-13-5-4-6-14(21)11-13/h2-11H,12H2,1H3,(H,22,26)(H,23,24,27). The van der Waals surface area contributed by atoms with E-state index in [0.717, 1.165) is 5.56 Å². The van der Waals surface area contributed by atoms with Crippen LogP contribution in [-0.2, 0) is 16.1 Å². The van der Waals surface area contributed by atoms with Crippen LogP contribution in [0.3, 0.4) is 0 Å². The SMILES string of the molecule is CC1(C(=O)Nc2ccn(Cc3cccc(F)c3)n2)Oc2ccccc2NC1=O. The summed E-state index contributed by atoms with van der Waals surface area (Å²) in [5.74, 6) is -0.862. The van der Waals surface area contributed by atoms with Gasteiger partial charge in [0.25, 0.3) is 17.4 Å². The molecule has 0 aliphatic carbocycles. The molecule has 4 rings (SSSR count). The van der Waals surface area contributed by atoms with Crippen LogP contribution in [0.25, 0.3) is 0 Å². The van der Waals surface area contributed by atoms with Crippen molar-refractivity contribution in [3.8, 4) is 5.75 Å². The van der Waals surface area contributed by atoms with Gasteiger partial charge in [-0.05, 0) is 36.8 Å². The fourth-order valence-electron chi connectivity index (χ4n) is 2.89. The molecule has 3 aromatic rings. The average Bonchev–Trinajstić information content (AvgIpc) is 3.09. The number of nitrogens with zero attached hydrogens (tertiary/aromatic N) is 2. The number of aromatic nitrogens is 2. The summed E-state index contributed by atoms with van der Waals surface area (Å²) in [7, 11) is 0. The van der Waals surface area contributed by atoms with Gasteiger partial charge >= 0.3 is 0 Å². The first-order valence-electron chi connectivity index (χ1n) is 8.63. The molecular weight excluding hydrogens is 363 g/mol. The Kier molecular flexibility index (Phi) is 4.31. The summed E-state index contributed by atoms with van der Waals surface area (Å²) in [5.41, 5.74) is -0.488. The molecule has 1 aromatic heterocycles. The van der Waals surface area contributed by atoms with Crippen molar-refractivity contribution in [2.75, 3.05) is 10.6 Å². The molecule has 0 fully saturated rings. The third-order valence-electron chi connectivity index (χ3n) is 4.43. The van der Waals surface area contributed by atoms with Gasteiger partial charge in [-0.15, -0.1) is 0 Å². The number of fused-ring (bicyclic) bond motifs is 1. The lowest BCUT2D eigenvalue weighted by molar-refractivity contribution is -0.143. The van der Waals surface area contributed by atoms with Gasteiger partial charge in [-0.2, -0.15) is 5.10 Å². The zero-order valence-electron chi connectivity index (χ0n) is 15.0. The highest BCUT2D eigenvalue weighted by atomic mass is 19.1. The number of nitrogens with one attached hydrogen (secondary N) is 2. The predicted molar refractivity (Wildman–Crippen MR) is 100 cm³/mol. The minimum absolute atomic E-state index is 0.262.